The summed E-state index contributed by atoms with van der Waals surface area (Å²) in [6, 6.07) is 18.4. The molecule has 0 bridgehead atoms. The molecule has 0 spiro atoms. The van der Waals surface area contributed by atoms with Gasteiger partial charge >= 0.3 is 5.97 Å². The van der Waals surface area contributed by atoms with Crippen LogP contribution in [0.5, 0.6) is 0 Å². The molecule has 3 aromatic rings. The van der Waals surface area contributed by atoms with Crippen molar-refractivity contribution < 1.29 is 19.1 Å². The lowest BCUT2D eigenvalue weighted by Gasteiger charge is -2.11. The number of allylic oxidation sites excluding steroid dienone is 1. The van der Waals surface area contributed by atoms with E-state index >= 15 is 0 Å². The fourth-order valence-electron chi connectivity index (χ4n) is 3.22. The first-order valence-corrected chi connectivity index (χ1v) is 9.92. The zero-order chi connectivity index (χ0) is 22.4. The lowest BCUT2D eigenvalue weighted by Crippen LogP contribution is -2.23. The van der Waals surface area contributed by atoms with Gasteiger partial charge in [0.1, 0.15) is 0 Å². The third kappa shape index (κ3) is 5.17. The van der Waals surface area contributed by atoms with Crippen molar-refractivity contribution in [2.75, 3.05) is 19.0 Å². The largest absolute Gasteiger partial charge is 0.465 e. The number of ether oxygens (including phenoxy) is 1. The van der Waals surface area contributed by atoms with E-state index in [-0.39, 0.29) is 17.2 Å². The predicted octanol–water partition coefficient (Wildman–Crippen LogP) is 4.42. The van der Waals surface area contributed by atoms with Crippen LogP contribution >= 0.6 is 0 Å². The SMILES string of the molecule is CCNC(=O)c1ccc(C(=O)OC)c(NC(=O)C=C(C)c2ccc3ccccc3c2)c1. The van der Waals surface area contributed by atoms with Crippen molar-refractivity contribution in [1.82, 2.24) is 5.32 Å². The molecule has 0 fully saturated rings. The first-order chi connectivity index (χ1) is 14.9. The van der Waals surface area contributed by atoms with E-state index in [4.69, 9.17) is 4.74 Å². The monoisotopic (exact) mass is 416 g/mol. The zero-order valence-electron chi connectivity index (χ0n) is 17.7. The summed E-state index contributed by atoms with van der Waals surface area (Å²) in [6.07, 6.45) is 1.46. The van der Waals surface area contributed by atoms with Crippen LogP contribution in [0.25, 0.3) is 16.3 Å². The van der Waals surface area contributed by atoms with E-state index in [0.29, 0.717) is 12.1 Å². The maximum absolute atomic E-state index is 12.7. The number of rotatable bonds is 6. The molecule has 3 rings (SSSR count). The van der Waals surface area contributed by atoms with Gasteiger partial charge in [-0.25, -0.2) is 4.79 Å². The van der Waals surface area contributed by atoms with Gasteiger partial charge in [0.2, 0.25) is 5.91 Å². The summed E-state index contributed by atoms with van der Waals surface area (Å²) in [6.45, 7) is 4.12. The van der Waals surface area contributed by atoms with E-state index in [0.717, 1.165) is 21.9 Å². The molecule has 6 heteroatoms. The average molecular weight is 416 g/mol. The molecule has 0 radical (unpaired) electrons. The van der Waals surface area contributed by atoms with Crippen LogP contribution in [0, 0.1) is 0 Å². The number of amides is 2. The number of carbonyl (C=O) groups excluding carboxylic acids is 3. The van der Waals surface area contributed by atoms with Gasteiger partial charge in [0, 0.05) is 18.2 Å². The van der Waals surface area contributed by atoms with Gasteiger partial charge in [0.05, 0.1) is 18.4 Å². The van der Waals surface area contributed by atoms with Crippen LogP contribution in [-0.4, -0.2) is 31.4 Å². The lowest BCUT2D eigenvalue weighted by atomic mass is 10.0. The van der Waals surface area contributed by atoms with E-state index in [2.05, 4.69) is 10.6 Å². The number of fused-ring (bicyclic) bond motifs is 1. The van der Waals surface area contributed by atoms with E-state index in [9.17, 15) is 14.4 Å². The zero-order valence-corrected chi connectivity index (χ0v) is 17.7. The number of anilines is 1. The molecule has 0 aliphatic rings. The molecule has 3 aromatic carbocycles. The van der Waals surface area contributed by atoms with Crippen molar-refractivity contribution in [1.29, 1.82) is 0 Å². The van der Waals surface area contributed by atoms with Crippen molar-refractivity contribution in [2.24, 2.45) is 0 Å². The van der Waals surface area contributed by atoms with Crippen molar-refractivity contribution in [3.63, 3.8) is 0 Å². The lowest BCUT2D eigenvalue weighted by molar-refractivity contribution is -0.111. The van der Waals surface area contributed by atoms with Gasteiger partial charge in [0.25, 0.3) is 5.91 Å². The van der Waals surface area contributed by atoms with Crippen LogP contribution in [0.3, 0.4) is 0 Å². The summed E-state index contributed by atoms with van der Waals surface area (Å²) in [7, 11) is 1.26. The van der Waals surface area contributed by atoms with Gasteiger partial charge in [0.15, 0.2) is 0 Å². The summed E-state index contributed by atoms with van der Waals surface area (Å²) in [4.78, 5) is 36.9. The number of carbonyl (C=O) groups is 3. The highest BCUT2D eigenvalue weighted by molar-refractivity contribution is 6.09. The standard InChI is InChI=1S/C25H24N2O4/c1-4-26-24(29)20-11-12-21(25(30)31-3)22(15-20)27-23(28)13-16(2)18-10-9-17-7-5-6-8-19(17)14-18/h5-15H,4H2,1-3H3,(H,26,29)(H,27,28). The van der Waals surface area contributed by atoms with Gasteiger partial charge in [-0.3, -0.25) is 9.59 Å². The Bertz CT molecular complexity index is 1180. The Hall–Kier alpha value is -3.93. The van der Waals surface area contributed by atoms with Crippen molar-refractivity contribution in [3.8, 4) is 0 Å². The number of benzene rings is 3. The smallest absolute Gasteiger partial charge is 0.339 e. The van der Waals surface area contributed by atoms with Crippen LogP contribution in [0.15, 0.2) is 66.7 Å². The highest BCUT2D eigenvalue weighted by Crippen LogP contribution is 2.22. The van der Waals surface area contributed by atoms with Crippen LogP contribution in [0.2, 0.25) is 0 Å². The number of nitrogens with one attached hydrogen (secondary N) is 2. The highest BCUT2D eigenvalue weighted by atomic mass is 16.5. The first-order valence-electron chi connectivity index (χ1n) is 9.92. The van der Waals surface area contributed by atoms with Gasteiger partial charge in [-0.2, -0.15) is 0 Å². The Morgan fingerprint density at radius 1 is 0.935 bits per heavy atom. The second-order valence-electron chi connectivity index (χ2n) is 6.99. The second-order valence-corrected chi connectivity index (χ2v) is 6.99. The minimum absolute atomic E-state index is 0.167. The molecule has 0 aromatic heterocycles. The predicted molar refractivity (Wildman–Crippen MR) is 122 cm³/mol. The Labute approximate surface area is 180 Å². The number of esters is 1. The summed E-state index contributed by atoms with van der Waals surface area (Å²) in [5, 5.41) is 7.60. The molecule has 2 N–H and O–H groups in total. The summed E-state index contributed by atoms with van der Waals surface area (Å²) < 4.78 is 4.79. The number of hydrogen-bond acceptors (Lipinski definition) is 4. The molecular formula is C25H24N2O4. The summed E-state index contributed by atoms with van der Waals surface area (Å²) >= 11 is 0. The fraction of sp³-hybridized carbons (Fsp3) is 0.160. The van der Waals surface area contributed by atoms with Gasteiger partial charge in [-0.15, -0.1) is 0 Å². The maximum atomic E-state index is 12.7. The van der Waals surface area contributed by atoms with Crippen molar-refractivity contribution in [2.45, 2.75) is 13.8 Å². The Morgan fingerprint density at radius 3 is 2.35 bits per heavy atom. The van der Waals surface area contributed by atoms with Crippen LogP contribution in [0.4, 0.5) is 5.69 Å². The number of methoxy groups -OCH3 is 1. The van der Waals surface area contributed by atoms with Crippen LogP contribution in [-0.2, 0) is 9.53 Å². The summed E-state index contributed by atoms with van der Waals surface area (Å²) in [5.74, 6) is -1.31. The van der Waals surface area contributed by atoms with E-state index in [1.165, 1.54) is 31.4 Å². The Balaban J connectivity index is 1.88. The van der Waals surface area contributed by atoms with E-state index in [1.807, 2.05) is 56.3 Å². The molecule has 0 heterocycles. The number of hydrogen-bond donors (Lipinski definition) is 2. The fourth-order valence-corrected chi connectivity index (χ4v) is 3.22. The minimum Gasteiger partial charge on any atom is -0.465 e. The molecule has 0 unspecified atom stereocenters. The highest BCUT2D eigenvalue weighted by Gasteiger charge is 2.16. The summed E-state index contributed by atoms with van der Waals surface area (Å²) in [5.41, 5.74) is 2.39. The van der Waals surface area contributed by atoms with Crippen LogP contribution in [0.1, 0.15) is 40.1 Å². The molecular weight excluding hydrogens is 392 g/mol. The topological polar surface area (TPSA) is 84.5 Å². The molecule has 31 heavy (non-hydrogen) atoms. The third-order valence-electron chi connectivity index (χ3n) is 4.83. The molecule has 0 aliphatic heterocycles. The van der Waals surface area contributed by atoms with Gasteiger partial charge < -0.3 is 15.4 Å². The minimum atomic E-state index is -0.604. The second kappa shape index (κ2) is 9.71. The van der Waals surface area contributed by atoms with E-state index < -0.39 is 11.9 Å². The molecule has 6 nitrogen and oxygen atoms in total. The van der Waals surface area contributed by atoms with Gasteiger partial charge in [-0.1, -0.05) is 36.4 Å². The third-order valence-corrected chi connectivity index (χ3v) is 4.83. The molecule has 2 amide bonds. The maximum Gasteiger partial charge on any atom is 0.339 e. The normalized spacial score (nSPS) is 11.1. The van der Waals surface area contributed by atoms with E-state index in [1.54, 1.807) is 0 Å². The Kier molecular flexibility index (Phi) is 6.82. The molecule has 0 saturated carbocycles. The quantitative estimate of drug-likeness (QED) is 0.460. The molecule has 0 atom stereocenters. The van der Waals surface area contributed by atoms with Gasteiger partial charge in [-0.05, 0) is 60.0 Å². The average Bonchev–Trinajstić information content (AvgIpc) is 2.78. The Morgan fingerprint density at radius 2 is 1.65 bits per heavy atom. The molecule has 158 valence electrons. The van der Waals surface area contributed by atoms with Crippen LogP contribution < -0.4 is 10.6 Å². The van der Waals surface area contributed by atoms with Crippen molar-refractivity contribution in [3.05, 3.63) is 83.4 Å². The molecule has 0 saturated heterocycles. The molecule has 0 aliphatic carbocycles. The first kappa shape index (κ1) is 21.8. The van der Waals surface area contributed by atoms with Crippen molar-refractivity contribution >= 4 is 39.8 Å².